The van der Waals surface area contributed by atoms with Gasteiger partial charge < -0.3 is 10.2 Å². The predicted molar refractivity (Wildman–Crippen MR) is 77.4 cm³/mol. The molecule has 1 N–H and O–H groups in total. The van der Waals surface area contributed by atoms with Crippen LogP contribution >= 0.6 is 0 Å². The fourth-order valence-electron chi connectivity index (χ4n) is 3.71. The smallest absolute Gasteiger partial charge is 0.216 e. The topological polar surface area (TPSA) is 32.3 Å². The van der Waals surface area contributed by atoms with Gasteiger partial charge in [-0.25, -0.2) is 0 Å². The van der Waals surface area contributed by atoms with E-state index in [0.717, 1.165) is 31.5 Å². The minimum atomic E-state index is 0.0593. The highest BCUT2D eigenvalue weighted by Crippen LogP contribution is 2.47. The Kier molecular flexibility index (Phi) is 3.45. The first-order valence-electron chi connectivity index (χ1n) is 7.34. The Morgan fingerprint density at radius 1 is 1.37 bits per heavy atom. The van der Waals surface area contributed by atoms with Crippen molar-refractivity contribution in [3.05, 3.63) is 29.8 Å². The highest BCUT2D eigenvalue weighted by atomic mass is 16.1. The number of amides is 1. The van der Waals surface area contributed by atoms with E-state index in [4.69, 9.17) is 0 Å². The molecule has 2 atom stereocenters. The molecular weight excluding hydrogens is 236 g/mol. The molecule has 102 valence electrons. The molecule has 1 aromatic rings. The Balaban J connectivity index is 1.78. The fraction of sp³-hybridized carbons (Fsp3) is 0.562. The molecule has 0 unspecified atom stereocenters. The SMILES string of the molecule is CC(=O)NCCN1C[C@@H]2CCC[C@@H]2c2ccccc21. The average molecular weight is 258 g/mol. The van der Waals surface area contributed by atoms with Crippen LogP contribution in [0.3, 0.4) is 0 Å². The van der Waals surface area contributed by atoms with Gasteiger partial charge in [-0.05, 0) is 36.3 Å². The van der Waals surface area contributed by atoms with Crippen LogP contribution in [0.5, 0.6) is 0 Å². The van der Waals surface area contributed by atoms with Crippen molar-refractivity contribution in [1.82, 2.24) is 5.32 Å². The fourth-order valence-corrected chi connectivity index (χ4v) is 3.71. The molecule has 3 heteroatoms. The molecule has 0 radical (unpaired) electrons. The highest BCUT2D eigenvalue weighted by molar-refractivity contribution is 5.72. The summed E-state index contributed by atoms with van der Waals surface area (Å²) >= 11 is 0. The van der Waals surface area contributed by atoms with Gasteiger partial charge in [0.2, 0.25) is 5.91 Å². The van der Waals surface area contributed by atoms with Gasteiger partial charge in [-0.3, -0.25) is 4.79 Å². The van der Waals surface area contributed by atoms with Crippen molar-refractivity contribution in [3.8, 4) is 0 Å². The lowest BCUT2D eigenvalue weighted by Crippen LogP contribution is -2.40. The van der Waals surface area contributed by atoms with Crippen molar-refractivity contribution in [2.45, 2.75) is 32.1 Å². The van der Waals surface area contributed by atoms with E-state index in [0.29, 0.717) is 0 Å². The molecule has 0 aromatic heterocycles. The van der Waals surface area contributed by atoms with Gasteiger partial charge in [0.15, 0.2) is 0 Å². The quantitative estimate of drug-likeness (QED) is 0.903. The third kappa shape index (κ3) is 2.46. The number of fused-ring (bicyclic) bond motifs is 3. The molecule has 1 aliphatic heterocycles. The molecule has 1 aromatic carbocycles. The normalized spacial score (nSPS) is 24.8. The standard InChI is InChI=1S/C16H22N2O/c1-12(19)17-9-10-18-11-13-5-4-7-14(13)15-6-2-3-8-16(15)18/h2-3,6,8,13-14H,4-5,7,9-11H2,1H3,(H,17,19)/t13-,14-/m0/s1. The minimum absolute atomic E-state index is 0.0593. The Bertz CT molecular complexity index is 472. The molecule has 1 amide bonds. The van der Waals surface area contributed by atoms with Crippen molar-refractivity contribution in [1.29, 1.82) is 0 Å². The molecule has 19 heavy (non-hydrogen) atoms. The first kappa shape index (κ1) is 12.5. The van der Waals surface area contributed by atoms with E-state index >= 15 is 0 Å². The Hall–Kier alpha value is -1.51. The van der Waals surface area contributed by atoms with Gasteiger partial charge in [-0.15, -0.1) is 0 Å². The van der Waals surface area contributed by atoms with Crippen LogP contribution in [0.25, 0.3) is 0 Å². The van der Waals surface area contributed by atoms with Crippen molar-refractivity contribution in [3.63, 3.8) is 0 Å². The molecule has 3 nitrogen and oxygen atoms in total. The number of anilines is 1. The summed E-state index contributed by atoms with van der Waals surface area (Å²) in [5.74, 6) is 1.64. The lowest BCUT2D eigenvalue weighted by atomic mass is 9.84. The molecular formula is C16H22N2O. The maximum Gasteiger partial charge on any atom is 0.216 e. The largest absolute Gasteiger partial charge is 0.369 e. The van der Waals surface area contributed by atoms with Crippen LogP contribution in [0.15, 0.2) is 24.3 Å². The Labute approximate surface area is 115 Å². The summed E-state index contributed by atoms with van der Waals surface area (Å²) in [5, 5.41) is 2.90. The molecule has 1 aliphatic carbocycles. The van der Waals surface area contributed by atoms with Gasteiger partial charge >= 0.3 is 0 Å². The third-order valence-electron chi connectivity index (χ3n) is 4.55. The minimum Gasteiger partial charge on any atom is -0.369 e. The zero-order valence-corrected chi connectivity index (χ0v) is 11.6. The van der Waals surface area contributed by atoms with Gasteiger partial charge in [-0.2, -0.15) is 0 Å². The summed E-state index contributed by atoms with van der Waals surface area (Å²) in [6.45, 7) is 4.39. The first-order valence-corrected chi connectivity index (χ1v) is 7.34. The van der Waals surface area contributed by atoms with E-state index < -0.39 is 0 Å². The van der Waals surface area contributed by atoms with Crippen LogP contribution in [-0.2, 0) is 4.79 Å². The van der Waals surface area contributed by atoms with E-state index in [-0.39, 0.29) is 5.91 Å². The van der Waals surface area contributed by atoms with Crippen molar-refractivity contribution in [2.24, 2.45) is 5.92 Å². The van der Waals surface area contributed by atoms with E-state index in [9.17, 15) is 4.79 Å². The van der Waals surface area contributed by atoms with Crippen LogP contribution in [-0.4, -0.2) is 25.5 Å². The number of hydrogen-bond donors (Lipinski definition) is 1. The van der Waals surface area contributed by atoms with Gasteiger partial charge in [-0.1, -0.05) is 24.6 Å². The maximum atomic E-state index is 11.0. The number of rotatable bonds is 3. The van der Waals surface area contributed by atoms with Crippen molar-refractivity contribution < 1.29 is 4.79 Å². The van der Waals surface area contributed by atoms with Crippen LogP contribution in [0.2, 0.25) is 0 Å². The lowest BCUT2D eigenvalue weighted by molar-refractivity contribution is -0.118. The molecule has 2 aliphatic rings. The monoisotopic (exact) mass is 258 g/mol. The summed E-state index contributed by atoms with van der Waals surface area (Å²) in [6, 6.07) is 8.81. The van der Waals surface area contributed by atoms with Crippen molar-refractivity contribution in [2.75, 3.05) is 24.5 Å². The molecule has 0 bridgehead atoms. The van der Waals surface area contributed by atoms with Gasteiger partial charge in [0.05, 0.1) is 0 Å². The predicted octanol–water partition coefficient (Wildman–Crippen LogP) is 2.53. The summed E-state index contributed by atoms with van der Waals surface area (Å²) in [4.78, 5) is 13.4. The van der Waals surface area contributed by atoms with Crippen molar-refractivity contribution >= 4 is 11.6 Å². The summed E-state index contributed by atoms with van der Waals surface area (Å²) in [7, 11) is 0. The number of carbonyl (C=O) groups excluding carboxylic acids is 1. The molecule has 0 saturated heterocycles. The van der Waals surface area contributed by atoms with E-state index in [1.54, 1.807) is 6.92 Å². The highest BCUT2D eigenvalue weighted by Gasteiger charge is 2.35. The van der Waals surface area contributed by atoms with E-state index in [2.05, 4.69) is 34.5 Å². The second-order valence-electron chi connectivity index (χ2n) is 5.79. The van der Waals surface area contributed by atoms with Crippen LogP contribution in [0, 0.1) is 5.92 Å². The van der Waals surface area contributed by atoms with Crippen LogP contribution in [0.1, 0.15) is 37.7 Å². The average Bonchev–Trinajstić information content (AvgIpc) is 2.87. The lowest BCUT2D eigenvalue weighted by Gasteiger charge is -2.38. The number of hydrogen-bond acceptors (Lipinski definition) is 2. The number of nitrogens with zero attached hydrogens (tertiary/aromatic N) is 1. The number of carbonyl (C=O) groups is 1. The molecule has 1 saturated carbocycles. The Morgan fingerprint density at radius 2 is 2.21 bits per heavy atom. The number of para-hydroxylation sites is 1. The van der Waals surface area contributed by atoms with Gasteiger partial charge in [0, 0.05) is 32.2 Å². The number of benzene rings is 1. The zero-order valence-electron chi connectivity index (χ0n) is 11.6. The van der Waals surface area contributed by atoms with E-state index in [1.807, 2.05) is 0 Å². The van der Waals surface area contributed by atoms with Crippen LogP contribution < -0.4 is 10.2 Å². The molecule has 1 fully saturated rings. The zero-order chi connectivity index (χ0) is 13.2. The second-order valence-corrected chi connectivity index (χ2v) is 5.79. The van der Waals surface area contributed by atoms with E-state index in [1.165, 1.54) is 30.5 Å². The summed E-state index contributed by atoms with van der Waals surface area (Å²) in [5.41, 5.74) is 2.91. The second kappa shape index (κ2) is 5.24. The molecule has 3 rings (SSSR count). The van der Waals surface area contributed by atoms with Gasteiger partial charge in [0.25, 0.3) is 0 Å². The summed E-state index contributed by atoms with van der Waals surface area (Å²) < 4.78 is 0. The van der Waals surface area contributed by atoms with Gasteiger partial charge in [0.1, 0.15) is 0 Å². The first-order chi connectivity index (χ1) is 9.25. The maximum absolute atomic E-state index is 11.0. The Morgan fingerprint density at radius 3 is 3.05 bits per heavy atom. The number of nitrogens with one attached hydrogen (secondary N) is 1. The third-order valence-corrected chi connectivity index (χ3v) is 4.55. The molecule has 1 heterocycles. The van der Waals surface area contributed by atoms with Crippen LogP contribution in [0.4, 0.5) is 5.69 Å². The summed E-state index contributed by atoms with van der Waals surface area (Å²) in [6.07, 6.45) is 4.07. The molecule has 0 spiro atoms.